The van der Waals surface area contributed by atoms with Crippen LogP contribution in [0.5, 0.6) is 0 Å². The number of thioether (sulfide) groups is 1. The maximum atomic E-state index is 12.8. The lowest BCUT2D eigenvalue weighted by Crippen LogP contribution is -2.43. The summed E-state index contributed by atoms with van der Waals surface area (Å²) in [5, 5.41) is 9.52. The number of carboxylic acid groups (broad SMARTS) is 1. The fourth-order valence-corrected chi connectivity index (χ4v) is 4.44. The summed E-state index contributed by atoms with van der Waals surface area (Å²) in [4.78, 5) is 26.0. The number of amides is 1. The second kappa shape index (κ2) is 9.07. The highest BCUT2D eigenvalue weighted by molar-refractivity contribution is 9.10. The summed E-state index contributed by atoms with van der Waals surface area (Å²) in [5.74, 6) is -0.235. The van der Waals surface area contributed by atoms with Crippen molar-refractivity contribution in [3.8, 4) is 11.3 Å². The summed E-state index contributed by atoms with van der Waals surface area (Å²) in [5.41, 5.74) is 0.918. The van der Waals surface area contributed by atoms with E-state index >= 15 is 0 Å². The molecule has 3 rings (SSSR count). The number of hydrogen-bond donors (Lipinski definition) is 1. The first-order valence-electron chi connectivity index (χ1n) is 8.76. The van der Waals surface area contributed by atoms with Crippen molar-refractivity contribution in [3.05, 3.63) is 51.5 Å². The first-order valence-corrected chi connectivity index (χ1v) is 10.8. The average Bonchev–Trinajstić information content (AvgIpc) is 3.22. The number of benzene rings is 1. The normalized spacial score (nSPS) is 16.8. The minimum Gasteiger partial charge on any atom is -0.480 e. The third kappa shape index (κ3) is 4.56. The molecule has 2 aromatic rings. The molecule has 1 aromatic carbocycles. The van der Waals surface area contributed by atoms with E-state index in [9.17, 15) is 14.7 Å². The number of rotatable bonds is 7. The molecule has 1 aliphatic rings. The number of nitrogens with zero attached hydrogens (tertiary/aromatic N) is 1. The number of carboxylic acids is 1. The van der Waals surface area contributed by atoms with Gasteiger partial charge in [-0.1, -0.05) is 71.8 Å². The lowest BCUT2D eigenvalue weighted by molar-refractivity contribution is -0.145. The lowest BCUT2D eigenvalue weighted by atomic mass is 10.1. The van der Waals surface area contributed by atoms with Gasteiger partial charge in [-0.3, -0.25) is 9.69 Å². The van der Waals surface area contributed by atoms with E-state index in [1.807, 2.05) is 37.3 Å². The molecule has 1 aromatic heterocycles. The second-order valence-electron chi connectivity index (χ2n) is 6.26. The quantitative estimate of drug-likeness (QED) is 0.414. The van der Waals surface area contributed by atoms with E-state index in [0.29, 0.717) is 29.3 Å². The number of carbonyl (C=O) groups is 2. The topological polar surface area (TPSA) is 70.8 Å². The zero-order chi connectivity index (χ0) is 20.3. The van der Waals surface area contributed by atoms with Gasteiger partial charge in [0.05, 0.1) is 4.91 Å². The largest absolute Gasteiger partial charge is 0.480 e. The van der Waals surface area contributed by atoms with Crippen molar-refractivity contribution in [1.29, 1.82) is 0 Å². The van der Waals surface area contributed by atoms with Gasteiger partial charge in [0.15, 0.2) is 0 Å². The molecule has 0 saturated carbocycles. The smallest absolute Gasteiger partial charge is 0.326 e. The number of carbonyl (C=O) groups excluding carboxylic acids is 1. The summed E-state index contributed by atoms with van der Waals surface area (Å²) in [6.07, 6.45) is 3.54. The van der Waals surface area contributed by atoms with Gasteiger partial charge < -0.3 is 9.52 Å². The van der Waals surface area contributed by atoms with Crippen LogP contribution in [-0.4, -0.2) is 32.2 Å². The molecule has 0 unspecified atom stereocenters. The molecular formula is C20H18BrNO4S2. The van der Waals surface area contributed by atoms with E-state index in [4.69, 9.17) is 16.6 Å². The third-order valence-electron chi connectivity index (χ3n) is 4.28. The van der Waals surface area contributed by atoms with Crippen LogP contribution in [-0.2, 0) is 9.59 Å². The highest BCUT2D eigenvalue weighted by Gasteiger charge is 2.40. The molecule has 1 atom stereocenters. The van der Waals surface area contributed by atoms with Crippen molar-refractivity contribution in [2.24, 2.45) is 0 Å². The molecule has 1 N–H and O–H groups in total. The molecule has 0 spiro atoms. The summed E-state index contributed by atoms with van der Waals surface area (Å²) < 4.78 is 7.07. The van der Waals surface area contributed by atoms with Crippen LogP contribution in [0.3, 0.4) is 0 Å². The van der Waals surface area contributed by atoms with Gasteiger partial charge in [-0.05, 0) is 30.7 Å². The monoisotopic (exact) mass is 479 g/mol. The van der Waals surface area contributed by atoms with Crippen LogP contribution in [0.4, 0.5) is 0 Å². The molecule has 8 heteroatoms. The Balaban J connectivity index is 1.82. The molecule has 1 amide bonds. The lowest BCUT2D eigenvalue weighted by Gasteiger charge is -2.22. The Hall–Kier alpha value is -1.90. The van der Waals surface area contributed by atoms with Gasteiger partial charge in [-0.25, -0.2) is 4.79 Å². The molecule has 0 aliphatic carbocycles. The van der Waals surface area contributed by atoms with Crippen LogP contribution in [0, 0.1) is 0 Å². The Morgan fingerprint density at radius 3 is 2.68 bits per heavy atom. The molecule has 0 radical (unpaired) electrons. The van der Waals surface area contributed by atoms with Gasteiger partial charge in [-0.15, -0.1) is 0 Å². The van der Waals surface area contributed by atoms with Crippen molar-refractivity contribution >= 4 is 62.2 Å². The predicted molar refractivity (Wildman–Crippen MR) is 118 cm³/mol. The minimum absolute atomic E-state index is 0.263. The summed E-state index contributed by atoms with van der Waals surface area (Å²) >= 11 is 9.78. The van der Waals surface area contributed by atoms with Gasteiger partial charge in [0.2, 0.25) is 0 Å². The van der Waals surface area contributed by atoms with Crippen molar-refractivity contribution < 1.29 is 19.1 Å². The number of unbranched alkanes of at least 4 members (excludes halogenated alkanes) is 1. The Morgan fingerprint density at radius 2 is 2.04 bits per heavy atom. The third-order valence-corrected chi connectivity index (χ3v) is 6.14. The molecular weight excluding hydrogens is 462 g/mol. The van der Waals surface area contributed by atoms with E-state index in [0.717, 1.165) is 28.2 Å². The Bertz CT molecular complexity index is 936. The Kier molecular flexibility index (Phi) is 6.74. The first kappa shape index (κ1) is 20.8. The summed E-state index contributed by atoms with van der Waals surface area (Å²) in [6.45, 7) is 1.98. The van der Waals surface area contributed by atoms with E-state index < -0.39 is 12.0 Å². The van der Waals surface area contributed by atoms with Crippen LogP contribution >= 0.6 is 39.9 Å². The summed E-state index contributed by atoms with van der Waals surface area (Å²) in [6, 6.07) is 10.4. The number of thiocarbonyl (C=S) groups is 1. The van der Waals surface area contributed by atoms with Crippen LogP contribution in [0.25, 0.3) is 17.4 Å². The molecule has 5 nitrogen and oxygen atoms in total. The summed E-state index contributed by atoms with van der Waals surface area (Å²) in [7, 11) is 0. The predicted octanol–water partition coefficient (Wildman–Crippen LogP) is 5.55. The van der Waals surface area contributed by atoms with Crippen LogP contribution in [0.2, 0.25) is 0 Å². The van der Waals surface area contributed by atoms with Crippen LogP contribution in [0.1, 0.15) is 31.9 Å². The van der Waals surface area contributed by atoms with E-state index in [-0.39, 0.29) is 10.2 Å². The molecule has 1 fully saturated rings. The molecule has 0 bridgehead atoms. The zero-order valence-corrected chi connectivity index (χ0v) is 18.3. The SMILES string of the molecule is CCCC[C@H](C(=O)O)N1C(=O)/C(=C\c2ccc(-c3ccc(Br)cc3)o2)SC1=S. The number of halogens is 1. The van der Waals surface area contributed by atoms with E-state index in [1.54, 1.807) is 12.1 Å². The first-order chi connectivity index (χ1) is 13.4. The molecule has 1 aliphatic heterocycles. The molecule has 146 valence electrons. The molecule has 28 heavy (non-hydrogen) atoms. The zero-order valence-electron chi connectivity index (χ0n) is 15.1. The van der Waals surface area contributed by atoms with Crippen molar-refractivity contribution in [3.63, 3.8) is 0 Å². The van der Waals surface area contributed by atoms with Crippen LogP contribution in [0.15, 0.2) is 50.2 Å². The highest BCUT2D eigenvalue weighted by Crippen LogP contribution is 2.36. The maximum absolute atomic E-state index is 12.8. The molecule has 1 saturated heterocycles. The van der Waals surface area contributed by atoms with Gasteiger partial charge >= 0.3 is 5.97 Å². The van der Waals surface area contributed by atoms with Crippen molar-refractivity contribution in [2.75, 3.05) is 0 Å². The van der Waals surface area contributed by atoms with Crippen molar-refractivity contribution in [1.82, 2.24) is 4.90 Å². The maximum Gasteiger partial charge on any atom is 0.326 e. The van der Waals surface area contributed by atoms with Gasteiger partial charge in [-0.2, -0.15) is 0 Å². The Labute approximate surface area is 180 Å². The minimum atomic E-state index is -1.04. The fraction of sp³-hybridized carbons (Fsp3) is 0.250. The van der Waals surface area contributed by atoms with Gasteiger partial charge in [0.1, 0.15) is 21.9 Å². The average molecular weight is 480 g/mol. The number of aliphatic carboxylic acids is 1. The fourth-order valence-electron chi connectivity index (χ4n) is 2.84. The van der Waals surface area contributed by atoms with Crippen molar-refractivity contribution in [2.45, 2.75) is 32.2 Å². The highest BCUT2D eigenvalue weighted by atomic mass is 79.9. The second-order valence-corrected chi connectivity index (χ2v) is 8.85. The molecule has 2 heterocycles. The van der Waals surface area contributed by atoms with E-state index in [2.05, 4.69) is 15.9 Å². The Morgan fingerprint density at radius 1 is 1.32 bits per heavy atom. The number of hydrogen-bond acceptors (Lipinski definition) is 5. The van der Waals surface area contributed by atoms with Crippen LogP contribution < -0.4 is 0 Å². The van der Waals surface area contributed by atoms with E-state index in [1.165, 1.54) is 4.90 Å². The van der Waals surface area contributed by atoms with Gasteiger partial charge in [0, 0.05) is 16.1 Å². The van der Waals surface area contributed by atoms with Gasteiger partial charge in [0.25, 0.3) is 5.91 Å². The standard InChI is InChI=1S/C20H18BrNO4S2/c1-2-3-4-15(19(24)25)22-18(23)17(28-20(22)27)11-14-9-10-16(26-14)12-5-7-13(21)8-6-12/h5-11,15H,2-4H2,1H3,(H,24,25)/b17-11+/t15-/m1/s1. The number of furan rings is 1.